The van der Waals surface area contributed by atoms with Gasteiger partial charge in [0.1, 0.15) is 17.3 Å². The minimum absolute atomic E-state index is 0.150. The van der Waals surface area contributed by atoms with Gasteiger partial charge in [0, 0.05) is 31.4 Å². The molecule has 2 aromatic carbocycles. The van der Waals surface area contributed by atoms with E-state index >= 15 is 0 Å². The molecule has 1 amide bonds. The van der Waals surface area contributed by atoms with E-state index in [-0.39, 0.29) is 29.6 Å². The van der Waals surface area contributed by atoms with E-state index in [0.29, 0.717) is 11.3 Å². The number of phenolic OH excluding ortho intramolecular Hbond substituents is 1. The number of rotatable bonds is 7. The maximum Gasteiger partial charge on any atom is 0.254 e. The Morgan fingerprint density at radius 3 is 2.84 bits per heavy atom. The van der Waals surface area contributed by atoms with Crippen LogP contribution in [0.2, 0.25) is 0 Å². The summed E-state index contributed by atoms with van der Waals surface area (Å²) in [6.07, 6.45) is 2.34. The standard InChI is InChI=1S/C23H26N6O3/c1-29-8-7-14-10-20(32-2)18(9-16(14)13-29)27-23-26-12-17(21(24)31)22(28-23)25-11-15-5-3-4-6-19(15)30/h3-6,9-10,12,30H,7-8,11,13H2,1-2H3,(H2,24,31)(H2,25,26,27,28). The summed E-state index contributed by atoms with van der Waals surface area (Å²) in [4.78, 5) is 22.8. The van der Waals surface area contributed by atoms with Crippen molar-refractivity contribution in [3.8, 4) is 11.5 Å². The number of aromatic nitrogens is 2. The number of carbonyl (C=O) groups is 1. The molecule has 9 nitrogen and oxygen atoms in total. The third kappa shape index (κ3) is 4.57. The molecule has 0 atom stereocenters. The Morgan fingerprint density at radius 2 is 2.09 bits per heavy atom. The molecule has 1 aliphatic rings. The van der Waals surface area contributed by atoms with Crippen LogP contribution in [0.1, 0.15) is 27.0 Å². The molecule has 0 saturated carbocycles. The van der Waals surface area contributed by atoms with Gasteiger partial charge in [-0.05, 0) is 42.8 Å². The summed E-state index contributed by atoms with van der Waals surface area (Å²) >= 11 is 0. The van der Waals surface area contributed by atoms with Gasteiger partial charge in [-0.2, -0.15) is 4.98 Å². The number of carbonyl (C=O) groups excluding carboxylic acids is 1. The average molecular weight is 435 g/mol. The predicted molar refractivity (Wildman–Crippen MR) is 122 cm³/mol. The molecule has 0 aliphatic carbocycles. The summed E-state index contributed by atoms with van der Waals surface area (Å²) in [6.45, 7) is 2.12. The number of para-hydroxylation sites is 1. The fourth-order valence-electron chi connectivity index (χ4n) is 3.71. The molecule has 0 radical (unpaired) electrons. The number of primary amides is 1. The second kappa shape index (κ2) is 9.11. The fourth-order valence-corrected chi connectivity index (χ4v) is 3.71. The van der Waals surface area contributed by atoms with Crippen molar-refractivity contribution in [2.45, 2.75) is 19.5 Å². The van der Waals surface area contributed by atoms with E-state index in [1.54, 1.807) is 25.3 Å². The number of likely N-dealkylation sites (N-methyl/N-ethyl adjacent to an activating group) is 1. The number of nitrogens with two attached hydrogens (primary N) is 1. The number of phenols is 1. The molecule has 32 heavy (non-hydrogen) atoms. The topological polar surface area (TPSA) is 126 Å². The van der Waals surface area contributed by atoms with E-state index in [9.17, 15) is 9.90 Å². The number of amides is 1. The molecular formula is C23H26N6O3. The van der Waals surface area contributed by atoms with Gasteiger partial charge in [-0.1, -0.05) is 18.2 Å². The number of ether oxygens (including phenoxy) is 1. The molecule has 0 fully saturated rings. The maximum atomic E-state index is 11.9. The Kier molecular flexibility index (Phi) is 6.09. The molecule has 1 aliphatic heterocycles. The van der Waals surface area contributed by atoms with Gasteiger partial charge in [0.05, 0.1) is 18.4 Å². The zero-order valence-electron chi connectivity index (χ0n) is 18.1. The number of nitrogens with one attached hydrogen (secondary N) is 2. The number of anilines is 3. The van der Waals surface area contributed by atoms with E-state index in [2.05, 4.69) is 32.5 Å². The second-order valence-corrected chi connectivity index (χ2v) is 7.74. The summed E-state index contributed by atoms with van der Waals surface area (Å²) in [6, 6.07) is 11.0. The number of benzene rings is 2. The van der Waals surface area contributed by atoms with Crippen LogP contribution in [0.3, 0.4) is 0 Å². The highest BCUT2D eigenvalue weighted by molar-refractivity contribution is 5.97. The van der Waals surface area contributed by atoms with Crippen LogP contribution in [0, 0.1) is 0 Å². The first-order valence-corrected chi connectivity index (χ1v) is 10.3. The second-order valence-electron chi connectivity index (χ2n) is 7.74. The Balaban J connectivity index is 1.62. The third-order valence-electron chi connectivity index (χ3n) is 5.46. The molecule has 0 unspecified atom stereocenters. The molecule has 0 spiro atoms. The molecule has 1 aromatic heterocycles. The SMILES string of the molecule is COc1cc2c(cc1Nc1ncc(C(N)=O)c(NCc3ccccc3O)n1)CN(C)CC2. The van der Waals surface area contributed by atoms with E-state index in [1.807, 2.05) is 18.2 Å². The van der Waals surface area contributed by atoms with Crippen LogP contribution < -0.4 is 21.1 Å². The van der Waals surface area contributed by atoms with Crippen molar-refractivity contribution in [2.75, 3.05) is 31.3 Å². The Labute approximate surface area is 186 Å². The van der Waals surface area contributed by atoms with Crippen LogP contribution in [0.25, 0.3) is 0 Å². The van der Waals surface area contributed by atoms with Gasteiger partial charge in [-0.25, -0.2) is 4.98 Å². The molecule has 0 saturated heterocycles. The lowest BCUT2D eigenvalue weighted by atomic mass is 9.99. The number of aromatic hydroxyl groups is 1. The summed E-state index contributed by atoms with van der Waals surface area (Å²) < 4.78 is 5.57. The quantitative estimate of drug-likeness (QED) is 0.447. The van der Waals surface area contributed by atoms with Crippen molar-refractivity contribution < 1.29 is 14.6 Å². The van der Waals surface area contributed by atoms with Crippen LogP contribution in [0.15, 0.2) is 42.6 Å². The monoisotopic (exact) mass is 434 g/mol. The summed E-state index contributed by atoms with van der Waals surface area (Å²) in [5.41, 5.74) is 9.54. The summed E-state index contributed by atoms with van der Waals surface area (Å²) in [5, 5.41) is 16.3. The van der Waals surface area contributed by atoms with E-state index < -0.39 is 5.91 Å². The number of nitrogens with zero attached hydrogens (tertiary/aromatic N) is 3. The highest BCUT2D eigenvalue weighted by Crippen LogP contribution is 2.33. The van der Waals surface area contributed by atoms with Crippen molar-refractivity contribution in [3.05, 3.63) is 64.8 Å². The number of fused-ring (bicyclic) bond motifs is 1. The average Bonchev–Trinajstić information content (AvgIpc) is 2.78. The first kappa shape index (κ1) is 21.4. The van der Waals surface area contributed by atoms with Crippen molar-refractivity contribution in [2.24, 2.45) is 5.73 Å². The van der Waals surface area contributed by atoms with Gasteiger partial charge in [0.2, 0.25) is 5.95 Å². The van der Waals surface area contributed by atoms with E-state index in [4.69, 9.17) is 10.5 Å². The third-order valence-corrected chi connectivity index (χ3v) is 5.46. The minimum atomic E-state index is -0.647. The van der Waals surface area contributed by atoms with Crippen molar-refractivity contribution in [1.29, 1.82) is 0 Å². The van der Waals surface area contributed by atoms with Gasteiger partial charge in [0.15, 0.2) is 0 Å². The lowest BCUT2D eigenvalue weighted by Gasteiger charge is -2.26. The van der Waals surface area contributed by atoms with Crippen LogP contribution >= 0.6 is 0 Å². The summed E-state index contributed by atoms with van der Waals surface area (Å²) in [7, 11) is 3.71. The van der Waals surface area contributed by atoms with Crippen molar-refractivity contribution >= 4 is 23.4 Å². The Hall–Kier alpha value is -3.85. The lowest BCUT2D eigenvalue weighted by Crippen LogP contribution is -2.26. The molecule has 2 heterocycles. The molecule has 0 bridgehead atoms. The largest absolute Gasteiger partial charge is 0.508 e. The molecular weight excluding hydrogens is 408 g/mol. The van der Waals surface area contributed by atoms with Crippen molar-refractivity contribution in [3.63, 3.8) is 0 Å². The van der Waals surface area contributed by atoms with Gasteiger partial charge in [-0.3, -0.25) is 4.79 Å². The van der Waals surface area contributed by atoms with E-state index in [0.717, 1.165) is 25.2 Å². The number of hydrogen-bond acceptors (Lipinski definition) is 8. The maximum absolute atomic E-state index is 11.9. The molecule has 4 rings (SSSR count). The minimum Gasteiger partial charge on any atom is -0.508 e. The lowest BCUT2D eigenvalue weighted by molar-refractivity contribution is 0.100. The Bertz CT molecular complexity index is 1150. The number of methoxy groups -OCH3 is 1. The molecule has 9 heteroatoms. The zero-order chi connectivity index (χ0) is 22.7. The highest BCUT2D eigenvalue weighted by atomic mass is 16.5. The zero-order valence-corrected chi connectivity index (χ0v) is 18.1. The smallest absolute Gasteiger partial charge is 0.254 e. The first-order chi connectivity index (χ1) is 15.4. The van der Waals surface area contributed by atoms with Gasteiger partial charge < -0.3 is 31.1 Å². The van der Waals surface area contributed by atoms with Crippen LogP contribution in [0.5, 0.6) is 11.5 Å². The van der Waals surface area contributed by atoms with Gasteiger partial charge in [-0.15, -0.1) is 0 Å². The Morgan fingerprint density at radius 1 is 1.28 bits per heavy atom. The van der Waals surface area contributed by atoms with Crippen LogP contribution in [-0.2, 0) is 19.5 Å². The normalized spacial score (nSPS) is 13.3. The van der Waals surface area contributed by atoms with E-state index in [1.165, 1.54) is 17.3 Å². The van der Waals surface area contributed by atoms with Crippen LogP contribution in [0.4, 0.5) is 17.5 Å². The molecule has 5 N–H and O–H groups in total. The van der Waals surface area contributed by atoms with Gasteiger partial charge in [0.25, 0.3) is 5.91 Å². The predicted octanol–water partition coefficient (Wildman–Crippen LogP) is 2.63. The first-order valence-electron chi connectivity index (χ1n) is 10.3. The van der Waals surface area contributed by atoms with Crippen LogP contribution in [-0.4, -0.2) is 46.6 Å². The molecule has 166 valence electrons. The highest BCUT2D eigenvalue weighted by Gasteiger charge is 2.18. The number of hydrogen-bond donors (Lipinski definition) is 4. The molecule has 3 aromatic rings. The van der Waals surface area contributed by atoms with Gasteiger partial charge >= 0.3 is 0 Å². The fraction of sp³-hybridized carbons (Fsp3) is 0.261. The summed E-state index contributed by atoms with van der Waals surface area (Å²) in [5.74, 6) is 0.759. The van der Waals surface area contributed by atoms with Crippen molar-refractivity contribution in [1.82, 2.24) is 14.9 Å².